The lowest BCUT2D eigenvalue weighted by molar-refractivity contribution is -0.384. The molecule has 0 spiro atoms. The van der Waals surface area contributed by atoms with Gasteiger partial charge in [-0.05, 0) is 31.8 Å². The van der Waals surface area contributed by atoms with Crippen molar-refractivity contribution in [1.82, 2.24) is 14.7 Å². The molecule has 2 heterocycles. The summed E-state index contributed by atoms with van der Waals surface area (Å²) in [6, 6.07) is 0. The van der Waals surface area contributed by atoms with Crippen molar-refractivity contribution < 1.29 is 4.92 Å². The third kappa shape index (κ3) is 3.66. The third-order valence-electron chi connectivity index (χ3n) is 3.39. The lowest BCUT2D eigenvalue weighted by Gasteiger charge is -2.20. The Hall–Kier alpha value is -1.63. The number of hydrogen-bond donors (Lipinski definition) is 1. The van der Waals surface area contributed by atoms with Crippen LogP contribution in [0.5, 0.6) is 0 Å². The van der Waals surface area contributed by atoms with Crippen LogP contribution in [-0.2, 0) is 7.05 Å². The highest BCUT2D eigenvalue weighted by molar-refractivity contribution is 5.54. The molecule has 2 rings (SSSR count). The highest BCUT2D eigenvalue weighted by Crippen LogP contribution is 2.21. The number of hydrogen-bond acceptors (Lipinski definition) is 5. The maximum Gasteiger partial charge on any atom is 0.330 e. The van der Waals surface area contributed by atoms with Crippen molar-refractivity contribution in [2.45, 2.75) is 19.8 Å². The number of aromatic nitrogens is 2. The predicted octanol–water partition coefficient (Wildman–Crippen LogP) is 1.47. The van der Waals surface area contributed by atoms with Gasteiger partial charge in [0, 0.05) is 20.1 Å². The Morgan fingerprint density at radius 2 is 2.21 bits per heavy atom. The van der Waals surface area contributed by atoms with Crippen LogP contribution in [0.25, 0.3) is 0 Å². The number of likely N-dealkylation sites (tertiary alicyclic amines) is 1. The minimum Gasteiger partial charge on any atom is -0.363 e. The van der Waals surface area contributed by atoms with Gasteiger partial charge in [0.2, 0.25) is 5.82 Å². The molecule has 106 valence electrons. The van der Waals surface area contributed by atoms with E-state index < -0.39 is 4.92 Å². The number of nitrogens with one attached hydrogen (secondary N) is 1. The smallest absolute Gasteiger partial charge is 0.330 e. The standard InChI is InChI=1S/C12H21N5O2/c1-10(8-16-5-3-4-6-16)7-13-12-11(17(18)19)9-15(2)14-12/h9-10H,3-8H2,1-2H3,(H,13,14). The summed E-state index contributed by atoms with van der Waals surface area (Å²) in [5.41, 5.74) is 0.0378. The molecule has 0 radical (unpaired) electrons. The molecule has 0 bridgehead atoms. The van der Waals surface area contributed by atoms with Crippen LogP contribution < -0.4 is 5.32 Å². The fraction of sp³-hybridized carbons (Fsp3) is 0.750. The molecule has 0 aliphatic carbocycles. The Morgan fingerprint density at radius 3 is 2.84 bits per heavy atom. The van der Waals surface area contributed by atoms with Crippen LogP contribution in [0.2, 0.25) is 0 Å². The van der Waals surface area contributed by atoms with E-state index in [0.717, 1.165) is 6.54 Å². The average Bonchev–Trinajstić information content (AvgIpc) is 2.96. The van der Waals surface area contributed by atoms with Crippen molar-refractivity contribution in [2.75, 3.05) is 31.5 Å². The number of nitro groups is 1. The van der Waals surface area contributed by atoms with Crippen LogP contribution in [0.1, 0.15) is 19.8 Å². The van der Waals surface area contributed by atoms with E-state index in [2.05, 4.69) is 22.2 Å². The van der Waals surface area contributed by atoms with Gasteiger partial charge in [0.25, 0.3) is 0 Å². The molecule has 0 saturated carbocycles. The highest BCUT2D eigenvalue weighted by atomic mass is 16.6. The summed E-state index contributed by atoms with van der Waals surface area (Å²) in [7, 11) is 1.69. The lowest BCUT2D eigenvalue weighted by Crippen LogP contribution is -2.29. The molecule has 1 unspecified atom stereocenters. The second kappa shape index (κ2) is 6.01. The van der Waals surface area contributed by atoms with E-state index >= 15 is 0 Å². The van der Waals surface area contributed by atoms with Gasteiger partial charge in [-0.3, -0.25) is 14.8 Å². The largest absolute Gasteiger partial charge is 0.363 e. The molecule has 1 aliphatic heterocycles. The van der Waals surface area contributed by atoms with Crippen LogP contribution in [0.3, 0.4) is 0 Å². The van der Waals surface area contributed by atoms with Crippen molar-refractivity contribution in [2.24, 2.45) is 13.0 Å². The number of rotatable bonds is 6. The number of aryl methyl sites for hydroxylation is 1. The molecule has 1 aromatic heterocycles. The van der Waals surface area contributed by atoms with E-state index in [9.17, 15) is 10.1 Å². The Labute approximate surface area is 112 Å². The van der Waals surface area contributed by atoms with Crippen molar-refractivity contribution in [3.8, 4) is 0 Å². The number of anilines is 1. The summed E-state index contributed by atoms with van der Waals surface area (Å²) in [5, 5.41) is 18.0. The minimum absolute atomic E-state index is 0.0378. The van der Waals surface area contributed by atoms with Crippen LogP contribution >= 0.6 is 0 Å². The Morgan fingerprint density at radius 1 is 1.53 bits per heavy atom. The van der Waals surface area contributed by atoms with E-state index in [1.165, 1.54) is 36.8 Å². The molecule has 7 nitrogen and oxygen atoms in total. The van der Waals surface area contributed by atoms with Gasteiger partial charge < -0.3 is 10.2 Å². The molecule has 1 saturated heterocycles. The molecular weight excluding hydrogens is 246 g/mol. The fourth-order valence-electron chi connectivity index (χ4n) is 2.48. The van der Waals surface area contributed by atoms with Gasteiger partial charge in [-0.25, -0.2) is 0 Å². The van der Waals surface area contributed by atoms with Crippen LogP contribution in [0.4, 0.5) is 11.5 Å². The summed E-state index contributed by atoms with van der Waals surface area (Å²) in [5.74, 6) is 0.806. The summed E-state index contributed by atoms with van der Waals surface area (Å²) in [6.45, 7) is 6.24. The van der Waals surface area contributed by atoms with Gasteiger partial charge in [0.15, 0.2) is 0 Å². The second-order valence-electron chi connectivity index (χ2n) is 5.29. The molecular formula is C12H21N5O2. The van der Waals surface area contributed by atoms with E-state index in [1.54, 1.807) is 7.05 Å². The van der Waals surface area contributed by atoms with Gasteiger partial charge in [0.1, 0.15) is 6.20 Å². The summed E-state index contributed by atoms with van der Waals surface area (Å²) in [6.07, 6.45) is 3.99. The Bertz CT molecular complexity index is 439. The summed E-state index contributed by atoms with van der Waals surface area (Å²) < 4.78 is 1.46. The molecule has 0 amide bonds. The highest BCUT2D eigenvalue weighted by Gasteiger charge is 2.19. The van der Waals surface area contributed by atoms with Crippen molar-refractivity contribution in [3.63, 3.8) is 0 Å². The van der Waals surface area contributed by atoms with Gasteiger partial charge in [0.05, 0.1) is 4.92 Å². The third-order valence-corrected chi connectivity index (χ3v) is 3.39. The molecule has 1 aliphatic rings. The van der Waals surface area contributed by atoms with Gasteiger partial charge in [-0.1, -0.05) is 6.92 Å². The lowest BCUT2D eigenvalue weighted by atomic mass is 10.1. The van der Waals surface area contributed by atoms with E-state index in [0.29, 0.717) is 18.3 Å². The Kier molecular flexibility index (Phi) is 4.36. The van der Waals surface area contributed by atoms with E-state index in [-0.39, 0.29) is 5.69 Å². The van der Waals surface area contributed by atoms with Gasteiger partial charge in [-0.15, -0.1) is 5.10 Å². The first kappa shape index (κ1) is 13.8. The van der Waals surface area contributed by atoms with Crippen molar-refractivity contribution in [1.29, 1.82) is 0 Å². The first-order chi connectivity index (χ1) is 9.06. The van der Waals surface area contributed by atoms with Gasteiger partial charge in [-0.2, -0.15) is 0 Å². The fourth-order valence-corrected chi connectivity index (χ4v) is 2.48. The molecule has 0 aromatic carbocycles. The zero-order valence-corrected chi connectivity index (χ0v) is 11.5. The van der Waals surface area contributed by atoms with E-state index in [4.69, 9.17) is 0 Å². The van der Waals surface area contributed by atoms with Crippen LogP contribution in [0.15, 0.2) is 6.20 Å². The zero-order chi connectivity index (χ0) is 13.8. The molecule has 1 fully saturated rings. The normalized spacial score (nSPS) is 17.6. The summed E-state index contributed by atoms with van der Waals surface area (Å²) in [4.78, 5) is 12.9. The SMILES string of the molecule is CC(CNc1nn(C)cc1[N+](=O)[O-])CN1CCCC1. The summed E-state index contributed by atoms with van der Waals surface area (Å²) >= 11 is 0. The maximum atomic E-state index is 10.9. The molecule has 7 heteroatoms. The first-order valence-corrected chi connectivity index (χ1v) is 6.70. The number of nitrogens with zero attached hydrogens (tertiary/aromatic N) is 4. The van der Waals surface area contributed by atoms with Crippen LogP contribution in [0, 0.1) is 16.0 Å². The van der Waals surface area contributed by atoms with Crippen molar-refractivity contribution in [3.05, 3.63) is 16.3 Å². The van der Waals surface area contributed by atoms with Crippen LogP contribution in [-0.4, -0.2) is 45.8 Å². The quantitative estimate of drug-likeness (QED) is 0.624. The van der Waals surface area contributed by atoms with E-state index in [1.807, 2.05) is 0 Å². The monoisotopic (exact) mass is 267 g/mol. The molecule has 1 aromatic rings. The van der Waals surface area contributed by atoms with Crippen molar-refractivity contribution >= 4 is 11.5 Å². The molecule has 1 atom stereocenters. The zero-order valence-electron chi connectivity index (χ0n) is 11.5. The average molecular weight is 267 g/mol. The van der Waals surface area contributed by atoms with Gasteiger partial charge >= 0.3 is 5.69 Å². The molecule has 19 heavy (non-hydrogen) atoms. The maximum absolute atomic E-state index is 10.9. The topological polar surface area (TPSA) is 76.2 Å². The first-order valence-electron chi connectivity index (χ1n) is 6.70. The Balaban J connectivity index is 1.85. The minimum atomic E-state index is -0.402. The predicted molar refractivity (Wildman–Crippen MR) is 73.2 cm³/mol. The second-order valence-corrected chi connectivity index (χ2v) is 5.29. The molecule has 1 N–H and O–H groups in total.